The molecule has 0 spiro atoms. The van der Waals surface area contributed by atoms with Gasteiger partial charge in [-0.15, -0.1) is 0 Å². The van der Waals surface area contributed by atoms with Crippen LogP contribution in [0.25, 0.3) is 0 Å². The zero-order valence-electron chi connectivity index (χ0n) is 10.9. The van der Waals surface area contributed by atoms with Gasteiger partial charge in [0.2, 0.25) is 0 Å². The van der Waals surface area contributed by atoms with E-state index in [1.54, 1.807) is 0 Å². The van der Waals surface area contributed by atoms with Crippen molar-refractivity contribution in [2.24, 2.45) is 0 Å². The molecule has 18 heavy (non-hydrogen) atoms. The first-order chi connectivity index (χ1) is 8.75. The lowest BCUT2D eigenvalue weighted by Crippen LogP contribution is -3.15. The molecule has 4 heteroatoms. The van der Waals surface area contributed by atoms with E-state index < -0.39 is 6.10 Å². The first-order valence-electron chi connectivity index (χ1n) is 6.53. The first-order valence-corrected chi connectivity index (χ1v) is 6.53. The van der Waals surface area contributed by atoms with Crippen LogP contribution in [-0.2, 0) is 4.74 Å². The van der Waals surface area contributed by atoms with Gasteiger partial charge in [-0.2, -0.15) is 0 Å². The standard InChI is InChI=1S/C14H21NO3/c1-12-4-2-3-5-14(12)18-11-13(16)10-15-6-8-17-9-7-15/h2-5,13,16H,6-11H2,1H3/p+1/t13-/m1/s1. The van der Waals surface area contributed by atoms with Gasteiger partial charge in [0.1, 0.15) is 38.1 Å². The fraction of sp³-hybridized carbons (Fsp3) is 0.571. The number of ether oxygens (including phenoxy) is 2. The monoisotopic (exact) mass is 252 g/mol. The van der Waals surface area contributed by atoms with E-state index in [0.717, 1.165) is 44.2 Å². The third kappa shape index (κ3) is 3.98. The predicted octanol–water partition coefficient (Wildman–Crippen LogP) is -0.350. The van der Waals surface area contributed by atoms with Gasteiger partial charge >= 0.3 is 0 Å². The van der Waals surface area contributed by atoms with Crippen molar-refractivity contribution in [2.75, 3.05) is 39.5 Å². The molecule has 0 amide bonds. The minimum Gasteiger partial charge on any atom is -0.490 e. The SMILES string of the molecule is Cc1ccccc1OC[C@H](O)C[NH+]1CCOCC1. The fourth-order valence-corrected chi connectivity index (χ4v) is 2.16. The molecular weight excluding hydrogens is 230 g/mol. The van der Waals surface area contributed by atoms with Crippen LogP contribution < -0.4 is 9.64 Å². The summed E-state index contributed by atoms with van der Waals surface area (Å²) in [6.45, 7) is 6.63. The van der Waals surface area contributed by atoms with Crippen molar-refractivity contribution < 1.29 is 19.5 Å². The summed E-state index contributed by atoms with van der Waals surface area (Å²) in [5.74, 6) is 0.855. The fourth-order valence-electron chi connectivity index (χ4n) is 2.16. The van der Waals surface area contributed by atoms with Crippen molar-refractivity contribution >= 4 is 0 Å². The summed E-state index contributed by atoms with van der Waals surface area (Å²) in [5.41, 5.74) is 1.10. The minimum atomic E-state index is -0.419. The Morgan fingerprint density at radius 3 is 2.78 bits per heavy atom. The highest BCUT2D eigenvalue weighted by Gasteiger charge is 2.18. The van der Waals surface area contributed by atoms with Gasteiger partial charge in [-0.05, 0) is 18.6 Å². The van der Waals surface area contributed by atoms with Crippen LogP contribution in [0.2, 0.25) is 0 Å². The molecule has 2 N–H and O–H groups in total. The molecule has 100 valence electrons. The third-order valence-electron chi connectivity index (χ3n) is 3.25. The highest BCUT2D eigenvalue weighted by Crippen LogP contribution is 2.15. The maximum absolute atomic E-state index is 9.97. The number of quaternary nitrogens is 1. The second kappa shape index (κ2) is 6.73. The minimum absolute atomic E-state index is 0.356. The Balaban J connectivity index is 1.74. The largest absolute Gasteiger partial charge is 0.490 e. The molecule has 0 aliphatic carbocycles. The molecule has 0 saturated carbocycles. The molecule has 4 nitrogen and oxygen atoms in total. The summed E-state index contributed by atoms with van der Waals surface area (Å²) in [4.78, 5) is 1.39. The van der Waals surface area contributed by atoms with Gasteiger partial charge in [0, 0.05) is 0 Å². The van der Waals surface area contributed by atoms with Crippen molar-refractivity contribution in [3.05, 3.63) is 29.8 Å². The van der Waals surface area contributed by atoms with Crippen LogP contribution in [0.15, 0.2) is 24.3 Å². The highest BCUT2D eigenvalue weighted by molar-refractivity contribution is 5.31. The van der Waals surface area contributed by atoms with Crippen LogP contribution in [0.3, 0.4) is 0 Å². The van der Waals surface area contributed by atoms with Gasteiger partial charge in [-0.25, -0.2) is 0 Å². The Kier molecular flexibility index (Phi) is 4.99. The maximum atomic E-state index is 9.97. The summed E-state index contributed by atoms with van der Waals surface area (Å²) < 4.78 is 10.9. The maximum Gasteiger partial charge on any atom is 0.137 e. The third-order valence-corrected chi connectivity index (χ3v) is 3.25. The zero-order chi connectivity index (χ0) is 12.8. The first kappa shape index (κ1) is 13.3. The normalized spacial score (nSPS) is 18.6. The summed E-state index contributed by atoms with van der Waals surface area (Å²) in [5, 5.41) is 9.97. The van der Waals surface area contributed by atoms with Crippen LogP contribution >= 0.6 is 0 Å². The number of aryl methyl sites for hydroxylation is 1. The van der Waals surface area contributed by atoms with Gasteiger partial charge in [0.05, 0.1) is 13.2 Å². The van der Waals surface area contributed by atoms with Gasteiger partial charge in [0.15, 0.2) is 0 Å². The van der Waals surface area contributed by atoms with E-state index >= 15 is 0 Å². The molecule has 2 rings (SSSR count). The smallest absolute Gasteiger partial charge is 0.137 e. The average molecular weight is 252 g/mol. The van der Waals surface area contributed by atoms with Crippen LogP contribution in [0.4, 0.5) is 0 Å². The number of hydrogen-bond acceptors (Lipinski definition) is 3. The lowest BCUT2D eigenvalue weighted by Gasteiger charge is -2.25. The second-order valence-electron chi connectivity index (χ2n) is 4.80. The van der Waals surface area contributed by atoms with Crippen LogP contribution in [0.1, 0.15) is 5.56 Å². The number of para-hydroxylation sites is 1. The Labute approximate surface area is 108 Å². The van der Waals surface area contributed by atoms with E-state index in [0.29, 0.717) is 6.61 Å². The molecule has 0 unspecified atom stereocenters. The van der Waals surface area contributed by atoms with Gasteiger partial charge in [0.25, 0.3) is 0 Å². The quantitative estimate of drug-likeness (QED) is 0.753. The summed E-state index contributed by atoms with van der Waals surface area (Å²) in [6, 6.07) is 7.87. The Morgan fingerprint density at radius 1 is 1.33 bits per heavy atom. The lowest BCUT2D eigenvalue weighted by atomic mass is 10.2. The molecule has 0 radical (unpaired) electrons. The van der Waals surface area contributed by atoms with Crippen molar-refractivity contribution in [1.82, 2.24) is 0 Å². The van der Waals surface area contributed by atoms with Crippen LogP contribution in [-0.4, -0.2) is 50.7 Å². The summed E-state index contributed by atoms with van der Waals surface area (Å²) >= 11 is 0. The summed E-state index contributed by atoms with van der Waals surface area (Å²) in [6.07, 6.45) is -0.419. The van der Waals surface area contributed by atoms with Gasteiger partial charge in [-0.1, -0.05) is 18.2 Å². The molecule has 1 aliphatic heterocycles. The van der Waals surface area contributed by atoms with E-state index in [1.807, 2.05) is 31.2 Å². The molecule has 1 atom stereocenters. The van der Waals surface area contributed by atoms with Crippen molar-refractivity contribution in [1.29, 1.82) is 0 Å². The van der Waals surface area contributed by atoms with E-state index in [1.165, 1.54) is 4.90 Å². The number of nitrogens with one attached hydrogen (secondary N) is 1. The second-order valence-corrected chi connectivity index (χ2v) is 4.80. The van der Waals surface area contributed by atoms with Gasteiger partial charge in [-0.3, -0.25) is 0 Å². The van der Waals surface area contributed by atoms with Crippen LogP contribution in [0, 0.1) is 6.92 Å². The lowest BCUT2D eigenvalue weighted by molar-refractivity contribution is -0.911. The number of aliphatic hydroxyl groups excluding tert-OH is 1. The molecule has 1 aliphatic rings. The topological polar surface area (TPSA) is 43.1 Å². The summed E-state index contributed by atoms with van der Waals surface area (Å²) in [7, 11) is 0. The molecule has 1 aromatic carbocycles. The molecule has 0 bridgehead atoms. The number of benzene rings is 1. The van der Waals surface area contributed by atoms with Crippen molar-refractivity contribution in [3.63, 3.8) is 0 Å². The number of aliphatic hydroxyl groups is 1. The van der Waals surface area contributed by atoms with E-state index in [9.17, 15) is 5.11 Å². The number of rotatable bonds is 5. The Morgan fingerprint density at radius 2 is 2.06 bits per heavy atom. The van der Waals surface area contributed by atoms with E-state index in [4.69, 9.17) is 9.47 Å². The highest BCUT2D eigenvalue weighted by atomic mass is 16.5. The molecule has 1 fully saturated rings. The predicted molar refractivity (Wildman–Crippen MR) is 69.1 cm³/mol. The van der Waals surface area contributed by atoms with Gasteiger partial charge < -0.3 is 19.5 Å². The molecule has 1 saturated heterocycles. The molecular formula is C14H22NO3+. The average Bonchev–Trinajstić information content (AvgIpc) is 2.39. The van der Waals surface area contributed by atoms with Crippen molar-refractivity contribution in [3.8, 4) is 5.75 Å². The molecule has 1 heterocycles. The van der Waals surface area contributed by atoms with E-state index in [2.05, 4.69) is 0 Å². The van der Waals surface area contributed by atoms with E-state index in [-0.39, 0.29) is 0 Å². The molecule has 0 aromatic heterocycles. The number of morpholine rings is 1. The van der Waals surface area contributed by atoms with Crippen LogP contribution in [0.5, 0.6) is 5.75 Å². The zero-order valence-corrected chi connectivity index (χ0v) is 10.9. The Hall–Kier alpha value is -1.10. The number of hydrogen-bond donors (Lipinski definition) is 2. The van der Waals surface area contributed by atoms with Crippen molar-refractivity contribution in [2.45, 2.75) is 13.0 Å². The molecule has 1 aromatic rings. The Bertz CT molecular complexity index is 364.